The maximum Gasteiger partial charge on any atom is 0.490 e. The molecule has 0 bridgehead atoms. The molecule has 0 spiro atoms. The molecule has 17 nitrogen and oxygen atoms in total. The van der Waals surface area contributed by atoms with E-state index in [4.69, 9.17) is 29.5 Å². The smallest absolute Gasteiger partial charge is 0.382 e. The Balaban J connectivity index is 1.71. The van der Waals surface area contributed by atoms with Crippen LogP contribution in [0.4, 0.5) is 5.82 Å². The molecule has 0 radical (unpaired) electrons. The van der Waals surface area contributed by atoms with Crippen LogP contribution < -0.4 is 5.73 Å². The van der Waals surface area contributed by atoms with Gasteiger partial charge in [-0.2, -0.15) is 8.62 Å². The van der Waals surface area contributed by atoms with Crippen LogP contribution in [0.1, 0.15) is 12.6 Å². The van der Waals surface area contributed by atoms with Gasteiger partial charge >= 0.3 is 23.5 Å². The summed E-state index contributed by atoms with van der Waals surface area (Å²) in [4.78, 5) is 48.4. The van der Waals surface area contributed by atoms with Crippen molar-refractivity contribution in [2.45, 2.75) is 24.9 Å². The van der Waals surface area contributed by atoms with Crippen LogP contribution in [0.15, 0.2) is 12.7 Å². The van der Waals surface area contributed by atoms with Crippen molar-refractivity contribution in [3.8, 4) is 0 Å². The number of fused-ring (bicyclic) bond motifs is 1. The lowest BCUT2D eigenvalue weighted by Gasteiger charge is -2.21. The van der Waals surface area contributed by atoms with Crippen molar-refractivity contribution >= 4 is 62.0 Å². The van der Waals surface area contributed by atoms with Gasteiger partial charge in [-0.3, -0.25) is 9.09 Å². The van der Waals surface area contributed by atoms with Gasteiger partial charge in [-0.15, -0.1) is 0 Å². The zero-order valence-corrected chi connectivity index (χ0v) is 21.4. The number of phosphoric acid groups is 3. The van der Waals surface area contributed by atoms with Crippen LogP contribution in [-0.2, 0) is 36.3 Å². The van der Waals surface area contributed by atoms with Gasteiger partial charge in [0.05, 0.1) is 19.0 Å². The molecule has 5 atom stereocenters. The summed E-state index contributed by atoms with van der Waals surface area (Å²) >= 11 is 0. The first-order valence-electron chi connectivity index (χ1n) is 8.94. The van der Waals surface area contributed by atoms with Crippen molar-refractivity contribution in [3.05, 3.63) is 12.7 Å². The van der Waals surface area contributed by atoms with E-state index in [1.165, 1.54) is 34.2 Å². The second kappa shape index (κ2) is 11.2. The minimum atomic E-state index is -5.64. The summed E-state index contributed by atoms with van der Waals surface area (Å²) in [6, 6.07) is 0. The molecule has 1 fully saturated rings. The van der Waals surface area contributed by atoms with Crippen LogP contribution in [0, 0.1) is 0 Å². The van der Waals surface area contributed by atoms with Gasteiger partial charge in [-0.05, 0) is 6.26 Å². The van der Waals surface area contributed by atoms with E-state index < -0.39 is 48.5 Å². The zero-order valence-electron chi connectivity index (χ0n) is 17.1. The number of nitrogen functional groups attached to an aromatic ring is 1. The number of ether oxygens (including phenoxy) is 2. The summed E-state index contributed by atoms with van der Waals surface area (Å²) in [7, 11) is -13.6. The fraction of sp³-hybridized carbons (Fsp3) is 0.583. The van der Waals surface area contributed by atoms with E-state index in [0.29, 0.717) is 11.2 Å². The van der Waals surface area contributed by atoms with Crippen molar-refractivity contribution in [1.82, 2.24) is 19.5 Å². The predicted octanol–water partition coefficient (Wildman–Crippen LogP) is 1.39. The maximum atomic E-state index is 12.1. The maximum absolute atomic E-state index is 12.1. The van der Waals surface area contributed by atoms with Gasteiger partial charge < -0.3 is 34.8 Å². The standard InChI is InChI=1S/C12H20N5O12P3S2/c1-33-34-6-25-7-2-9(17-5-16-10-11(13)14-4-15-12(10)17)27-8(7)3-26-31(21,22)29-32(23,24)28-30(18,19)20/h4-5,7-9H,2-3,6H2,1H3,(H,21,22)(H,23,24)(H2,13,14,15)(H2,18,19,20)/t7-,8+,9+/m0/s1. The lowest BCUT2D eigenvalue weighted by molar-refractivity contribution is -0.0522. The molecule has 0 aromatic carbocycles. The molecule has 192 valence electrons. The van der Waals surface area contributed by atoms with Crippen LogP contribution in [0.3, 0.4) is 0 Å². The third-order valence-corrected chi connectivity index (χ3v) is 9.41. The van der Waals surface area contributed by atoms with Crippen molar-refractivity contribution in [2.24, 2.45) is 0 Å². The Morgan fingerprint density at radius 1 is 1.18 bits per heavy atom. The number of anilines is 1. The average molecular weight is 583 g/mol. The van der Waals surface area contributed by atoms with Crippen molar-refractivity contribution < 1.29 is 55.9 Å². The van der Waals surface area contributed by atoms with Gasteiger partial charge in [0.25, 0.3) is 0 Å². The normalized spacial score (nSPS) is 24.8. The molecule has 0 saturated carbocycles. The Bertz CT molecular complexity index is 1150. The second-order valence-corrected chi connectivity index (χ2v) is 13.4. The van der Waals surface area contributed by atoms with Crippen LogP contribution >= 0.6 is 45.1 Å². The van der Waals surface area contributed by atoms with Gasteiger partial charge in [0.15, 0.2) is 11.5 Å². The number of nitrogens with zero attached hydrogens (tertiary/aromatic N) is 4. The van der Waals surface area contributed by atoms with Crippen molar-refractivity contribution in [2.75, 3.05) is 24.5 Å². The monoisotopic (exact) mass is 583 g/mol. The van der Waals surface area contributed by atoms with E-state index in [9.17, 15) is 23.5 Å². The van der Waals surface area contributed by atoms with Gasteiger partial charge in [0.2, 0.25) is 0 Å². The van der Waals surface area contributed by atoms with Gasteiger partial charge in [-0.1, -0.05) is 21.6 Å². The van der Waals surface area contributed by atoms with Gasteiger partial charge in [0, 0.05) is 6.42 Å². The highest BCUT2D eigenvalue weighted by molar-refractivity contribution is 8.76. The Hall–Kier alpha value is -0.620. The highest BCUT2D eigenvalue weighted by Crippen LogP contribution is 2.66. The van der Waals surface area contributed by atoms with Crippen molar-refractivity contribution in [1.29, 1.82) is 0 Å². The minimum absolute atomic E-state index is 0.162. The quantitative estimate of drug-likeness (QED) is 0.102. The van der Waals surface area contributed by atoms with E-state index in [-0.39, 0.29) is 18.2 Å². The molecule has 6 N–H and O–H groups in total. The molecule has 0 amide bonds. The molecule has 1 aliphatic rings. The number of hydrogen-bond acceptors (Lipinski definition) is 14. The lowest BCUT2D eigenvalue weighted by atomic mass is 10.2. The third-order valence-electron chi connectivity index (χ3n) is 4.14. The Morgan fingerprint density at radius 3 is 2.59 bits per heavy atom. The van der Waals surface area contributed by atoms with E-state index in [2.05, 4.69) is 23.6 Å². The summed E-state index contributed by atoms with van der Waals surface area (Å²) in [5.74, 6) is 0.406. The van der Waals surface area contributed by atoms with Crippen LogP contribution in [-0.4, -0.2) is 70.1 Å². The number of nitrogens with two attached hydrogens (primary N) is 1. The van der Waals surface area contributed by atoms with Gasteiger partial charge in [-0.25, -0.2) is 28.6 Å². The van der Waals surface area contributed by atoms with Crippen LogP contribution in [0.2, 0.25) is 0 Å². The molecular formula is C12H20N5O12P3S2. The molecule has 2 unspecified atom stereocenters. The number of imidazole rings is 1. The van der Waals surface area contributed by atoms with Crippen LogP contribution in [0.25, 0.3) is 11.2 Å². The SMILES string of the molecule is CSSCO[C@H]1C[C@H](n2cnc3c(N)ncnc32)O[C@@H]1COP(=O)(O)OP(=O)(O)OP(=O)(O)O. The molecule has 34 heavy (non-hydrogen) atoms. The minimum Gasteiger partial charge on any atom is -0.382 e. The molecular weight excluding hydrogens is 563 g/mol. The Kier molecular flexibility index (Phi) is 9.20. The number of aromatic nitrogens is 4. The molecule has 22 heteroatoms. The molecule has 3 rings (SSSR count). The highest BCUT2D eigenvalue weighted by atomic mass is 33.1. The predicted molar refractivity (Wildman–Crippen MR) is 119 cm³/mol. The van der Waals surface area contributed by atoms with E-state index >= 15 is 0 Å². The lowest BCUT2D eigenvalue weighted by Crippen LogP contribution is -2.28. The van der Waals surface area contributed by atoms with Gasteiger partial charge in [0.1, 0.15) is 30.1 Å². The third kappa shape index (κ3) is 7.69. The fourth-order valence-corrected chi connectivity index (χ4v) is 6.72. The first kappa shape index (κ1) is 28.0. The molecule has 0 aliphatic carbocycles. The van der Waals surface area contributed by atoms with Crippen LogP contribution in [0.5, 0.6) is 0 Å². The highest BCUT2D eigenvalue weighted by Gasteiger charge is 2.43. The number of hydrogen-bond donors (Lipinski definition) is 5. The summed E-state index contributed by atoms with van der Waals surface area (Å²) in [6.07, 6.45) is 2.45. The summed E-state index contributed by atoms with van der Waals surface area (Å²) < 4.78 is 59.6. The summed E-state index contributed by atoms with van der Waals surface area (Å²) in [5, 5.41) is 0. The van der Waals surface area contributed by atoms with E-state index in [1.807, 2.05) is 6.26 Å². The largest absolute Gasteiger partial charge is 0.490 e. The summed E-state index contributed by atoms with van der Waals surface area (Å²) in [5.41, 5.74) is 6.52. The Labute approximate surface area is 199 Å². The first-order chi connectivity index (χ1) is 15.8. The fourth-order valence-electron chi connectivity index (χ4n) is 2.91. The van der Waals surface area contributed by atoms with E-state index in [1.54, 1.807) is 4.57 Å². The second-order valence-electron chi connectivity index (χ2n) is 6.44. The number of rotatable bonds is 12. The molecule has 2 aromatic heterocycles. The number of phosphoric ester groups is 1. The topological polar surface area (TPSA) is 248 Å². The zero-order chi connectivity index (χ0) is 25.1. The van der Waals surface area contributed by atoms with E-state index in [0.717, 1.165) is 0 Å². The molecule has 3 heterocycles. The van der Waals surface area contributed by atoms with Crippen molar-refractivity contribution in [3.63, 3.8) is 0 Å². The Morgan fingerprint density at radius 2 is 1.91 bits per heavy atom. The first-order valence-corrected chi connectivity index (χ1v) is 16.2. The molecule has 1 aliphatic heterocycles. The summed E-state index contributed by atoms with van der Waals surface area (Å²) in [6.45, 7) is -0.654. The molecule has 2 aromatic rings. The molecule has 1 saturated heterocycles. The average Bonchev–Trinajstić information content (AvgIpc) is 3.28.